The Labute approximate surface area is 187 Å². The Balaban J connectivity index is 1.38. The Bertz CT molecular complexity index is 1210. The van der Waals surface area contributed by atoms with E-state index in [1.54, 1.807) is 30.9 Å². The molecule has 1 aromatic carbocycles. The van der Waals surface area contributed by atoms with Gasteiger partial charge >= 0.3 is 0 Å². The number of piperidine rings is 1. The SMILES string of the molecule is O=C(c1cncc(-c2ccncc2)c1)c1cccc(N2CCCC(c3ccccc3)C2)n1. The molecule has 1 unspecified atom stereocenters. The Morgan fingerprint density at radius 1 is 0.875 bits per heavy atom. The molecule has 0 bridgehead atoms. The van der Waals surface area contributed by atoms with Gasteiger partial charge in [-0.2, -0.15) is 0 Å². The zero-order valence-electron chi connectivity index (χ0n) is 17.8. The van der Waals surface area contributed by atoms with E-state index in [4.69, 9.17) is 4.98 Å². The molecule has 5 heteroatoms. The number of carbonyl (C=O) groups is 1. The molecule has 4 heterocycles. The van der Waals surface area contributed by atoms with Crippen molar-refractivity contribution >= 4 is 11.6 Å². The van der Waals surface area contributed by atoms with E-state index in [0.717, 1.165) is 36.5 Å². The highest BCUT2D eigenvalue weighted by Gasteiger charge is 2.23. The maximum atomic E-state index is 13.2. The minimum Gasteiger partial charge on any atom is -0.356 e. The minimum absolute atomic E-state index is 0.119. The van der Waals surface area contributed by atoms with Gasteiger partial charge in [0.1, 0.15) is 11.5 Å². The number of ketones is 1. The summed E-state index contributed by atoms with van der Waals surface area (Å²) in [5.74, 6) is 1.22. The van der Waals surface area contributed by atoms with Gasteiger partial charge in [-0.25, -0.2) is 4.98 Å². The average molecular weight is 421 g/mol. The summed E-state index contributed by atoms with van der Waals surface area (Å²) in [7, 11) is 0. The molecule has 5 nitrogen and oxygen atoms in total. The van der Waals surface area contributed by atoms with E-state index in [-0.39, 0.29) is 5.78 Å². The Morgan fingerprint density at radius 3 is 2.56 bits per heavy atom. The van der Waals surface area contributed by atoms with E-state index >= 15 is 0 Å². The van der Waals surface area contributed by atoms with Crippen LogP contribution in [0, 0.1) is 0 Å². The molecule has 1 saturated heterocycles. The number of carbonyl (C=O) groups excluding carboxylic acids is 1. The first-order valence-corrected chi connectivity index (χ1v) is 10.9. The average Bonchev–Trinajstić information content (AvgIpc) is 2.89. The number of anilines is 1. The van der Waals surface area contributed by atoms with Crippen molar-refractivity contribution in [1.29, 1.82) is 0 Å². The molecule has 1 atom stereocenters. The van der Waals surface area contributed by atoms with Crippen molar-refractivity contribution in [2.24, 2.45) is 0 Å². The number of hydrogen-bond acceptors (Lipinski definition) is 5. The lowest BCUT2D eigenvalue weighted by Gasteiger charge is -2.34. The maximum absolute atomic E-state index is 13.2. The number of aromatic nitrogens is 3. The molecule has 4 aromatic rings. The number of rotatable bonds is 5. The second-order valence-corrected chi connectivity index (χ2v) is 8.10. The molecule has 0 radical (unpaired) electrons. The number of benzene rings is 1. The van der Waals surface area contributed by atoms with Crippen LogP contribution in [0.4, 0.5) is 5.82 Å². The maximum Gasteiger partial charge on any atom is 0.212 e. The van der Waals surface area contributed by atoms with Gasteiger partial charge in [-0.1, -0.05) is 36.4 Å². The van der Waals surface area contributed by atoms with Crippen LogP contribution < -0.4 is 4.90 Å². The highest BCUT2D eigenvalue weighted by Crippen LogP contribution is 2.29. The van der Waals surface area contributed by atoms with E-state index in [1.807, 2.05) is 30.3 Å². The van der Waals surface area contributed by atoms with Crippen molar-refractivity contribution in [1.82, 2.24) is 15.0 Å². The van der Waals surface area contributed by atoms with Crippen molar-refractivity contribution in [3.05, 3.63) is 108 Å². The molecule has 3 aromatic heterocycles. The first-order valence-electron chi connectivity index (χ1n) is 10.9. The van der Waals surface area contributed by atoms with Crippen LogP contribution in [0.1, 0.15) is 40.4 Å². The molecule has 5 rings (SSSR count). The van der Waals surface area contributed by atoms with E-state index in [2.05, 4.69) is 45.2 Å². The van der Waals surface area contributed by atoms with E-state index < -0.39 is 0 Å². The normalized spacial score (nSPS) is 16.0. The monoisotopic (exact) mass is 420 g/mol. The molecule has 1 aliphatic heterocycles. The zero-order valence-corrected chi connectivity index (χ0v) is 17.8. The fourth-order valence-electron chi connectivity index (χ4n) is 4.32. The van der Waals surface area contributed by atoms with Crippen LogP contribution in [0.5, 0.6) is 0 Å². The van der Waals surface area contributed by atoms with Crippen LogP contribution in [0.3, 0.4) is 0 Å². The molecule has 0 aliphatic carbocycles. The summed E-state index contributed by atoms with van der Waals surface area (Å²) in [6.07, 6.45) is 9.11. The minimum atomic E-state index is -0.119. The molecule has 0 N–H and O–H groups in total. The Kier molecular flexibility index (Phi) is 5.71. The second kappa shape index (κ2) is 9.10. The van der Waals surface area contributed by atoms with Gasteiger partial charge in [-0.3, -0.25) is 14.8 Å². The highest BCUT2D eigenvalue weighted by atomic mass is 16.1. The molecule has 158 valence electrons. The van der Waals surface area contributed by atoms with Crippen LogP contribution >= 0.6 is 0 Å². The van der Waals surface area contributed by atoms with E-state index in [0.29, 0.717) is 17.2 Å². The van der Waals surface area contributed by atoms with Gasteiger partial charge in [0.15, 0.2) is 0 Å². The fraction of sp³-hybridized carbons (Fsp3) is 0.185. The predicted octanol–water partition coefficient (Wildman–Crippen LogP) is 5.15. The van der Waals surface area contributed by atoms with Gasteiger partial charge in [0, 0.05) is 54.9 Å². The van der Waals surface area contributed by atoms with Gasteiger partial charge in [-0.15, -0.1) is 0 Å². The van der Waals surface area contributed by atoms with Crippen LogP contribution in [-0.2, 0) is 0 Å². The molecule has 0 saturated carbocycles. The first-order chi connectivity index (χ1) is 15.8. The van der Waals surface area contributed by atoms with Gasteiger partial charge in [0.2, 0.25) is 5.78 Å². The third-order valence-electron chi connectivity index (χ3n) is 6.00. The summed E-state index contributed by atoms with van der Waals surface area (Å²) in [4.78, 5) is 28.6. The molecule has 32 heavy (non-hydrogen) atoms. The predicted molar refractivity (Wildman–Crippen MR) is 126 cm³/mol. The molecule has 0 spiro atoms. The lowest BCUT2D eigenvalue weighted by molar-refractivity contribution is 0.103. The molecule has 1 aliphatic rings. The van der Waals surface area contributed by atoms with Crippen molar-refractivity contribution in [3.63, 3.8) is 0 Å². The van der Waals surface area contributed by atoms with Crippen molar-refractivity contribution < 1.29 is 4.79 Å². The fourth-order valence-corrected chi connectivity index (χ4v) is 4.32. The quantitative estimate of drug-likeness (QED) is 0.418. The Hall–Kier alpha value is -3.86. The lowest BCUT2D eigenvalue weighted by atomic mass is 9.90. The smallest absolute Gasteiger partial charge is 0.212 e. The first kappa shape index (κ1) is 20.1. The third kappa shape index (κ3) is 4.28. The largest absolute Gasteiger partial charge is 0.356 e. The van der Waals surface area contributed by atoms with Gasteiger partial charge in [-0.05, 0) is 54.3 Å². The summed E-state index contributed by atoms with van der Waals surface area (Å²) in [6, 6.07) is 22.0. The number of pyridine rings is 3. The third-order valence-corrected chi connectivity index (χ3v) is 6.00. The summed E-state index contributed by atoms with van der Waals surface area (Å²) in [5.41, 5.74) is 4.20. The standard InChI is InChI=1S/C27H24N4O/c32-27(24-16-23(17-29-18-24)21-11-13-28-14-12-21)25-9-4-10-26(30-25)31-15-5-8-22(19-31)20-6-2-1-3-7-20/h1-4,6-7,9-14,16-18,22H,5,8,15,19H2. The molecular formula is C27H24N4O. The van der Waals surface area contributed by atoms with Crippen LogP contribution in [0.25, 0.3) is 11.1 Å². The van der Waals surface area contributed by atoms with Crippen molar-refractivity contribution in [2.75, 3.05) is 18.0 Å². The van der Waals surface area contributed by atoms with Crippen LogP contribution in [-0.4, -0.2) is 33.8 Å². The topological polar surface area (TPSA) is 59.0 Å². The lowest BCUT2D eigenvalue weighted by Crippen LogP contribution is -2.35. The highest BCUT2D eigenvalue weighted by molar-refractivity contribution is 6.08. The number of hydrogen-bond donors (Lipinski definition) is 0. The van der Waals surface area contributed by atoms with Gasteiger partial charge in [0.25, 0.3) is 0 Å². The van der Waals surface area contributed by atoms with Crippen molar-refractivity contribution in [2.45, 2.75) is 18.8 Å². The number of nitrogens with zero attached hydrogens (tertiary/aromatic N) is 4. The molecular weight excluding hydrogens is 396 g/mol. The van der Waals surface area contributed by atoms with E-state index in [9.17, 15) is 4.79 Å². The van der Waals surface area contributed by atoms with Crippen molar-refractivity contribution in [3.8, 4) is 11.1 Å². The summed E-state index contributed by atoms with van der Waals surface area (Å²) >= 11 is 0. The van der Waals surface area contributed by atoms with Crippen LogP contribution in [0.2, 0.25) is 0 Å². The van der Waals surface area contributed by atoms with Gasteiger partial charge in [0.05, 0.1) is 0 Å². The summed E-state index contributed by atoms with van der Waals surface area (Å²) < 4.78 is 0. The zero-order chi connectivity index (χ0) is 21.8. The summed E-state index contributed by atoms with van der Waals surface area (Å²) in [5, 5.41) is 0. The molecule has 0 amide bonds. The second-order valence-electron chi connectivity index (χ2n) is 8.10. The summed E-state index contributed by atoms with van der Waals surface area (Å²) in [6.45, 7) is 1.86. The van der Waals surface area contributed by atoms with Crippen LogP contribution in [0.15, 0.2) is 91.5 Å². The van der Waals surface area contributed by atoms with Gasteiger partial charge < -0.3 is 4.90 Å². The Morgan fingerprint density at radius 2 is 1.72 bits per heavy atom. The van der Waals surface area contributed by atoms with E-state index in [1.165, 1.54) is 12.0 Å². The molecule has 1 fully saturated rings.